The fraction of sp³-hybridized carbons (Fsp3) is 0.455. The third kappa shape index (κ3) is 4.55. The van der Waals surface area contributed by atoms with E-state index >= 15 is 0 Å². The van der Waals surface area contributed by atoms with Crippen LogP contribution in [0.2, 0.25) is 0 Å². The Bertz CT molecular complexity index is 355. The first kappa shape index (κ1) is 12.9. The zero-order chi connectivity index (χ0) is 12.0. The zero-order valence-electron chi connectivity index (χ0n) is 9.64. The number of rotatable bonds is 6. The average Bonchev–Trinajstić information content (AvgIpc) is 2.24. The van der Waals surface area contributed by atoms with Crippen LogP contribution in [0.1, 0.15) is 12.1 Å². The number of thiocarbonyl (C=S) groups is 1. The lowest BCUT2D eigenvalue weighted by Gasteiger charge is -2.10. The number of hydrogen-bond acceptors (Lipinski definition) is 4. The van der Waals surface area contributed by atoms with Crippen molar-refractivity contribution in [2.24, 2.45) is 5.73 Å². The zero-order valence-corrected chi connectivity index (χ0v) is 10.5. The Balaban J connectivity index is 2.42. The fourth-order valence-corrected chi connectivity index (χ4v) is 1.30. The molecule has 0 fully saturated rings. The molecule has 1 aromatic heterocycles. The first-order chi connectivity index (χ1) is 7.59. The Morgan fingerprint density at radius 3 is 2.88 bits per heavy atom. The van der Waals surface area contributed by atoms with Crippen molar-refractivity contribution < 1.29 is 4.74 Å². The van der Waals surface area contributed by atoms with E-state index in [2.05, 4.69) is 9.88 Å². The Hall–Kier alpha value is -1.20. The molecule has 0 unspecified atom stereocenters. The summed E-state index contributed by atoms with van der Waals surface area (Å²) in [5.74, 6) is 0.573. The van der Waals surface area contributed by atoms with Gasteiger partial charge in [-0.15, -0.1) is 0 Å². The van der Waals surface area contributed by atoms with E-state index in [1.165, 1.54) is 0 Å². The van der Waals surface area contributed by atoms with E-state index in [9.17, 15) is 0 Å². The van der Waals surface area contributed by atoms with Crippen molar-refractivity contribution in [3.05, 3.63) is 23.9 Å². The van der Waals surface area contributed by atoms with Crippen molar-refractivity contribution in [3.8, 4) is 5.88 Å². The van der Waals surface area contributed by atoms with Gasteiger partial charge in [0.25, 0.3) is 0 Å². The summed E-state index contributed by atoms with van der Waals surface area (Å²) in [6, 6.07) is 5.41. The van der Waals surface area contributed by atoms with Gasteiger partial charge in [-0.05, 0) is 26.6 Å². The van der Waals surface area contributed by atoms with Gasteiger partial charge in [0, 0.05) is 12.6 Å². The summed E-state index contributed by atoms with van der Waals surface area (Å²) in [7, 11) is 4.07. The fourth-order valence-electron chi connectivity index (χ4n) is 1.19. The van der Waals surface area contributed by atoms with Gasteiger partial charge in [0.1, 0.15) is 10.7 Å². The van der Waals surface area contributed by atoms with Crippen LogP contribution in [-0.4, -0.2) is 42.1 Å². The van der Waals surface area contributed by atoms with Crippen LogP contribution in [0.25, 0.3) is 0 Å². The SMILES string of the molecule is CN(C)CCCOc1cccc(C(N)=S)n1. The van der Waals surface area contributed by atoms with Gasteiger partial charge in [0.2, 0.25) is 5.88 Å². The van der Waals surface area contributed by atoms with E-state index in [0.717, 1.165) is 13.0 Å². The summed E-state index contributed by atoms with van der Waals surface area (Å²) >= 11 is 4.84. The molecule has 16 heavy (non-hydrogen) atoms. The lowest BCUT2D eigenvalue weighted by Crippen LogP contribution is -2.16. The maximum absolute atomic E-state index is 5.49. The van der Waals surface area contributed by atoms with Gasteiger partial charge in [-0.3, -0.25) is 0 Å². The molecule has 0 bridgehead atoms. The highest BCUT2D eigenvalue weighted by molar-refractivity contribution is 7.80. The molecular weight excluding hydrogens is 222 g/mol. The monoisotopic (exact) mass is 239 g/mol. The number of nitrogens with zero attached hydrogens (tertiary/aromatic N) is 2. The van der Waals surface area contributed by atoms with E-state index in [4.69, 9.17) is 22.7 Å². The second-order valence-electron chi connectivity index (χ2n) is 3.73. The molecule has 0 atom stereocenters. The van der Waals surface area contributed by atoms with Crippen molar-refractivity contribution in [3.63, 3.8) is 0 Å². The minimum absolute atomic E-state index is 0.291. The van der Waals surface area contributed by atoms with Crippen LogP contribution < -0.4 is 10.5 Å². The second-order valence-corrected chi connectivity index (χ2v) is 4.17. The number of hydrogen-bond donors (Lipinski definition) is 1. The van der Waals surface area contributed by atoms with E-state index in [1.54, 1.807) is 12.1 Å². The predicted octanol–water partition coefficient (Wildman–Crippen LogP) is 1.05. The Morgan fingerprint density at radius 2 is 2.25 bits per heavy atom. The highest BCUT2D eigenvalue weighted by Crippen LogP contribution is 2.07. The minimum Gasteiger partial charge on any atom is -0.478 e. The van der Waals surface area contributed by atoms with Crippen LogP contribution in [0, 0.1) is 0 Å². The van der Waals surface area contributed by atoms with Crippen molar-refractivity contribution in [1.29, 1.82) is 0 Å². The summed E-state index contributed by atoms with van der Waals surface area (Å²) in [6.45, 7) is 1.64. The molecular formula is C11H17N3OS. The van der Waals surface area contributed by atoms with E-state index in [1.807, 2.05) is 20.2 Å². The van der Waals surface area contributed by atoms with Gasteiger partial charge in [-0.25, -0.2) is 4.98 Å². The molecule has 0 amide bonds. The molecule has 1 rings (SSSR count). The third-order valence-electron chi connectivity index (χ3n) is 1.98. The topological polar surface area (TPSA) is 51.4 Å². The third-order valence-corrected chi connectivity index (χ3v) is 2.18. The molecule has 88 valence electrons. The normalized spacial score (nSPS) is 10.4. The van der Waals surface area contributed by atoms with Crippen LogP contribution in [0.15, 0.2) is 18.2 Å². The molecule has 1 aromatic rings. The predicted molar refractivity (Wildman–Crippen MR) is 68.8 cm³/mol. The van der Waals surface area contributed by atoms with Gasteiger partial charge >= 0.3 is 0 Å². The number of aromatic nitrogens is 1. The molecule has 0 radical (unpaired) electrons. The van der Waals surface area contributed by atoms with E-state index in [-0.39, 0.29) is 0 Å². The molecule has 0 aliphatic rings. The molecule has 0 saturated carbocycles. The Morgan fingerprint density at radius 1 is 1.50 bits per heavy atom. The van der Waals surface area contributed by atoms with Crippen molar-refractivity contribution >= 4 is 17.2 Å². The molecule has 2 N–H and O–H groups in total. The van der Waals surface area contributed by atoms with E-state index < -0.39 is 0 Å². The summed E-state index contributed by atoms with van der Waals surface area (Å²) in [6.07, 6.45) is 0.964. The van der Waals surface area contributed by atoms with Gasteiger partial charge in [0.05, 0.1) is 6.61 Å². The average molecular weight is 239 g/mol. The quantitative estimate of drug-likeness (QED) is 0.594. The minimum atomic E-state index is 0.291. The van der Waals surface area contributed by atoms with E-state index in [0.29, 0.717) is 23.2 Å². The van der Waals surface area contributed by atoms with Crippen molar-refractivity contribution in [2.75, 3.05) is 27.2 Å². The lowest BCUT2D eigenvalue weighted by atomic mass is 10.3. The summed E-state index contributed by atoms with van der Waals surface area (Å²) in [4.78, 5) is 6.59. The van der Waals surface area contributed by atoms with Crippen LogP contribution in [-0.2, 0) is 0 Å². The van der Waals surface area contributed by atoms with Gasteiger partial charge in [-0.1, -0.05) is 18.3 Å². The van der Waals surface area contributed by atoms with Crippen molar-refractivity contribution in [1.82, 2.24) is 9.88 Å². The Labute approximate surface area is 101 Å². The Kier molecular flexibility index (Phi) is 5.14. The number of pyridine rings is 1. The molecule has 0 aliphatic heterocycles. The van der Waals surface area contributed by atoms with Crippen LogP contribution in [0.4, 0.5) is 0 Å². The summed E-state index contributed by atoms with van der Waals surface area (Å²) in [5.41, 5.74) is 6.08. The lowest BCUT2D eigenvalue weighted by molar-refractivity contribution is 0.273. The highest BCUT2D eigenvalue weighted by atomic mass is 32.1. The molecule has 5 heteroatoms. The highest BCUT2D eigenvalue weighted by Gasteiger charge is 2.00. The molecule has 0 saturated heterocycles. The number of nitrogens with two attached hydrogens (primary N) is 1. The summed E-state index contributed by atoms with van der Waals surface area (Å²) in [5, 5.41) is 0. The standard InChI is InChI=1S/C11H17N3OS/c1-14(2)7-4-8-15-10-6-3-5-9(13-10)11(12)16/h3,5-6H,4,7-8H2,1-2H3,(H2,12,16). The maximum atomic E-state index is 5.49. The van der Waals surface area contributed by atoms with Crippen LogP contribution in [0.5, 0.6) is 5.88 Å². The maximum Gasteiger partial charge on any atom is 0.213 e. The van der Waals surface area contributed by atoms with Gasteiger partial charge < -0.3 is 15.4 Å². The summed E-state index contributed by atoms with van der Waals surface area (Å²) < 4.78 is 5.49. The van der Waals surface area contributed by atoms with Crippen molar-refractivity contribution in [2.45, 2.75) is 6.42 Å². The second kappa shape index (κ2) is 6.40. The largest absolute Gasteiger partial charge is 0.478 e. The smallest absolute Gasteiger partial charge is 0.213 e. The van der Waals surface area contributed by atoms with Crippen LogP contribution >= 0.6 is 12.2 Å². The molecule has 1 heterocycles. The molecule has 0 aliphatic carbocycles. The molecule has 0 spiro atoms. The number of ether oxygens (including phenoxy) is 1. The first-order valence-electron chi connectivity index (χ1n) is 5.14. The first-order valence-corrected chi connectivity index (χ1v) is 5.55. The van der Waals surface area contributed by atoms with Gasteiger partial charge in [0.15, 0.2) is 0 Å². The molecule has 4 nitrogen and oxygen atoms in total. The van der Waals surface area contributed by atoms with Gasteiger partial charge in [-0.2, -0.15) is 0 Å². The van der Waals surface area contributed by atoms with Crippen LogP contribution in [0.3, 0.4) is 0 Å². The molecule has 0 aromatic carbocycles.